The van der Waals surface area contributed by atoms with E-state index < -0.39 is 42.0 Å². The first-order valence-corrected chi connectivity index (χ1v) is 11.0. The van der Waals surface area contributed by atoms with Crippen LogP contribution in [0.4, 0.5) is 0 Å². The van der Waals surface area contributed by atoms with Gasteiger partial charge < -0.3 is 26.4 Å². The van der Waals surface area contributed by atoms with Crippen LogP contribution in [0, 0.1) is 5.92 Å². The van der Waals surface area contributed by atoms with Crippen molar-refractivity contribution in [3.05, 3.63) is 35.9 Å². The SMILES string of the molecule is CC(C)CC(N)C(=O)NC(Cc1ccccc1)C(=O)N1CCCC1C(=O)NC(C)C(=O)O. The van der Waals surface area contributed by atoms with Gasteiger partial charge in [0, 0.05) is 13.0 Å². The van der Waals surface area contributed by atoms with Crippen LogP contribution in [0.15, 0.2) is 30.3 Å². The summed E-state index contributed by atoms with van der Waals surface area (Å²) in [6.07, 6.45) is 1.79. The summed E-state index contributed by atoms with van der Waals surface area (Å²) in [4.78, 5) is 51.3. The monoisotopic (exact) mass is 446 g/mol. The molecule has 32 heavy (non-hydrogen) atoms. The van der Waals surface area contributed by atoms with E-state index in [0.29, 0.717) is 25.8 Å². The number of nitrogens with one attached hydrogen (secondary N) is 2. The van der Waals surface area contributed by atoms with Crippen LogP contribution in [0.25, 0.3) is 0 Å². The second kappa shape index (κ2) is 11.6. The summed E-state index contributed by atoms with van der Waals surface area (Å²) in [7, 11) is 0. The molecule has 1 aliphatic heterocycles. The van der Waals surface area contributed by atoms with Crippen molar-refractivity contribution < 1.29 is 24.3 Å². The Morgan fingerprint density at radius 2 is 1.78 bits per heavy atom. The van der Waals surface area contributed by atoms with Crippen molar-refractivity contribution in [3.63, 3.8) is 0 Å². The van der Waals surface area contributed by atoms with Crippen LogP contribution in [0.2, 0.25) is 0 Å². The summed E-state index contributed by atoms with van der Waals surface area (Å²) in [5, 5.41) is 14.3. The van der Waals surface area contributed by atoms with Gasteiger partial charge in [-0.25, -0.2) is 0 Å². The molecule has 1 aromatic rings. The van der Waals surface area contributed by atoms with Gasteiger partial charge in [0.15, 0.2) is 0 Å². The van der Waals surface area contributed by atoms with E-state index in [1.54, 1.807) is 0 Å². The highest BCUT2D eigenvalue weighted by molar-refractivity contribution is 5.94. The van der Waals surface area contributed by atoms with Crippen molar-refractivity contribution in [1.82, 2.24) is 15.5 Å². The first-order valence-electron chi connectivity index (χ1n) is 11.0. The highest BCUT2D eigenvalue weighted by Gasteiger charge is 2.38. The number of rotatable bonds is 10. The summed E-state index contributed by atoms with van der Waals surface area (Å²) in [6, 6.07) is 5.83. The van der Waals surface area contributed by atoms with Crippen molar-refractivity contribution in [2.45, 2.75) is 70.6 Å². The maximum atomic E-state index is 13.4. The fourth-order valence-corrected chi connectivity index (χ4v) is 3.82. The van der Waals surface area contributed by atoms with Crippen LogP contribution in [0.3, 0.4) is 0 Å². The number of benzene rings is 1. The number of nitrogens with zero attached hydrogens (tertiary/aromatic N) is 1. The molecule has 0 spiro atoms. The average Bonchev–Trinajstić information content (AvgIpc) is 3.22. The zero-order chi connectivity index (χ0) is 23.8. The van der Waals surface area contributed by atoms with Crippen LogP contribution in [-0.4, -0.2) is 64.4 Å². The minimum atomic E-state index is -1.15. The Hall–Kier alpha value is -2.94. The standard InChI is InChI=1S/C23H34N4O5/c1-14(2)12-17(24)20(28)26-18(13-16-8-5-4-6-9-16)22(30)27-11-7-10-19(27)21(29)25-15(3)23(31)32/h4-6,8-9,14-15,17-19H,7,10-13,24H2,1-3H3,(H,25,29)(H,26,28)(H,31,32). The van der Waals surface area contributed by atoms with Gasteiger partial charge in [-0.2, -0.15) is 0 Å². The molecule has 5 N–H and O–H groups in total. The van der Waals surface area contributed by atoms with Gasteiger partial charge in [0.25, 0.3) is 0 Å². The lowest BCUT2D eigenvalue weighted by Gasteiger charge is -2.30. The fraction of sp³-hybridized carbons (Fsp3) is 0.565. The minimum Gasteiger partial charge on any atom is -0.480 e. The topological polar surface area (TPSA) is 142 Å². The second-order valence-corrected chi connectivity index (χ2v) is 8.75. The lowest BCUT2D eigenvalue weighted by molar-refractivity contribution is -0.144. The molecule has 0 aliphatic carbocycles. The molecule has 1 heterocycles. The first-order chi connectivity index (χ1) is 15.1. The maximum Gasteiger partial charge on any atom is 0.325 e. The van der Waals surface area contributed by atoms with E-state index >= 15 is 0 Å². The molecule has 0 radical (unpaired) electrons. The molecule has 0 bridgehead atoms. The van der Waals surface area contributed by atoms with E-state index in [9.17, 15) is 19.2 Å². The van der Waals surface area contributed by atoms with Gasteiger partial charge in [0.2, 0.25) is 17.7 Å². The summed E-state index contributed by atoms with van der Waals surface area (Å²) in [5.41, 5.74) is 6.88. The smallest absolute Gasteiger partial charge is 0.325 e. The highest BCUT2D eigenvalue weighted by atomic mass is 16.4. The highest BCUT2D eigenvalue weighted by Crippen LogP contribution is 2.20. The minimum absolute atomic E-state index is 0.224. The Labute approximate surface area is 188 Å². The largest absolute Gasteiger partial charge is 0.480 e. The third-order valence-corrected chi connectivity index (χ3v) is 5.53. The van der Waals surface area contributed by atoms with E-state index in [4.69, 9.17) is 10.8 Å². The summed E-state index contributed by atoms with van der Waals surface area (Å²) >= 11 is 0. The summed E-state index contributed by atoms with van der Waals surface area (Å²) in [5.74, 6) is -2.22. The van der Waals surface area contributed by atoms with Crippen molar-refractivity contribution in [1.29, 1.82) is 0 Å². The third kappa shape index (κ3) is 7.05. The van der Waals surface area contributed by atoms with Gasteiger partial charge in [-0.05, 0) is 37.7 Å². The quantitative estimate of drug-likeness (QED) is 0.416. The maximum absolute atomic E-state index is 13.4. The number of hydrogen-bond donors (Lipinski definition) is 4. The number of carbonyl (C=O) groups is 4. The Morgan fingerprint density at radius 1 is 1.12 bits per heavy atom. The molecule has 1 saturated heterocycles. The van der Waals surface area contributed by atoms with Gasteiger partial charge >= 0.3 is 5.97 Å². The Balaban J connectivity index is 2.19. The van der Waals surface area contributed by atoms with Gasteiger partial charge in [-0.3, -0.25) is 19.2 Å². The number of carbonyl (C=O) groups excluding carboxylic acids is 3. The van der Waals surface area contributed by atoms with Crippen LogP contribution < -0.4 is 16.4 Å². The predicted octanol–water partition coefficient (Wildman–Crippen LogP) is 0.668. The zero-order valence-corrected chi connectivity index (χ0v) is 18.9. The van der Waals surface area contributed by atoms with Crippen molar-refractivity contribution >= 4 is 23.7 Å². The van der Waals surface area contributed by atoms with Gasteiger partial charge in [0.05, 0.1) is 6.04 Å². The molecule has 9 nitrogen and oxygen atoms in total. The molecule has 1 aliphatic rings. The van der Waals surface area contributed by atoms with E-state index in [2.05, 4.69) is 10.6 Å². The van der Waals surface area contributed by atoms with Crippen molar-refractivity contribution in [2.24, 2.45) is 11.7 Å². The summed E-state index contributed by atoms with van der Waals surface area (Å²) in [6.45, 7) is 5.66. The third-order valence-electron chi connectivity index (χ3n) is 5.53. The molecule has 1 aromatic carbocycles. The molecular formula is C23H34N4O5. The van der Waals surface area contributed by atoms with Gasteiger partial charge in [-0.1, -0.05) is 44.2 Å². The predicted molar refractivity (Wildman–Crippen MR) is 119 cm³/mol. The van der Waals surface area contributed by atoms with Crippen molar-refractivity contribution in [2.75, 3.05) is 6.54 Å². The average molecular weight is 447 g/mol. The fourth-order valence-electron chi connectivity index (χ4n) is 3.82. The molecule has 4 unspecified atom stereocenters. The molecule has 0 saturated carbocycles. The van der Waals surface area contributed by atoms with Crippen LogP contribution in [-0.2, 0) is 25.6 Å². The Morgan fingerprint density at radius 3 is 2.38 bits per heavy atom. The number of hydrogen-bond acceptors (Lipinski definition) is 5. The normalized spacial score (nSPS) is 18.7. The molecule has 3 amide bonds. The molecule has 176 valence electrons. The number of likely N-dealkylation sites (tertiary alicyclic amines) is 1. The lowest BCUT2D eigenvalue weighted by atomic mass is 10.0. The van der Waals surface area contributed by atoms with Gasteiger partial charge in [0.1, 0.15) is 18.1 Å². The lowest BCUT2D eigenvalue weighted by Crippen LogP contribution is -2.57. The summed E-state index contributed by atoms with van der Waals surface area (Å²) < 4.78 is 0. The number of amides is 3. The van der Waals surface area contributed by atoms with E-state index in [1.807, 2.05) is 44.2 Å². The van der Waals surface area contributed by atoms with Crippen LogP contribution in [0.1, 0.15) is 45.6 Å². The molecule has 1 fully saturated rings. The van der Waals surface area contributed by atoms with E-state index in [0.717, 1.165) is 5.56 Å². The molecule has 4 atom stereocenters. The number of nitrogens with two attached hydrogens (primary N) is 1. The number of aliphatic carboxylic acids is 1. The van der Waals surface area contributed by atoms with Gasteiger partial charge in [-0.15, -0.1) is 0 Å². The van der Waals surface area contributed by atoms with E-state index in [1.165, 1.54) is 11.8 Å². The molecular weight excluding hydrogens is 412 g/mol. The van der Waals surface area contributed by atoms with E-state index in [-0.39, 0.29) is 18.2 Å². The van der Waals surface area contributed by atoms with Crippen molar-refractivity contribution in [3.8, 4) is 0 Å². The van der Waals surface area contributed by atoms with Crippen LogP contribution >= 0.6 is 0 Å². The number of carboxylic acids is 1. The molecule has 9 heteroatoms. The second-order valence-electron chi connectivity index (χ2n) is 8.75. The Bertz CT molecular complexity index is 814. The zero-order valence-electron chi connectivity index (χ0n) is 18.9. The molecule has 2 rings (SSSR count). The first kappa shape index (κ1) is 25.3. The number of carboxylic acid groups (broad SMARTS) is 1. The van der Waals surface area contributed by atoms with Crippen LogP contribution in [0.5, 0.6) is 0 Å². The Kier molecular flexibility index (Phi) is 9.19. The molecule has 0 aromatic heterocycles.